The van der Waals surface area contributed by atoms with Crippen molar-refractivity contribution in [1.82, 2.24) is 10.4 Å². The molecule has 2 aliphatic heterocycles. The first-order valence-electron chi connectivity index (χ1n) is 6.87. The summed E-state index contributed by atoms with van der Waals surface area (Å²) >= 11 is 0. The average Bonchev–Trinajstić information content (AvgIpc) is 3.11. The lowest BCUT2D eigenvalue weighted by atomic mass is 10.1. The maximum absolute atomic E-state index is 12.0. The monoisotopic (exact) mass is 346 g/mol. The number of carbonyl (C=O) groups is 3. The van der Waals surface area contributed by atoms with E-state index in [-0.39, 0.29) is 17.9 Å². The largest absolute Gasteiger partial charge is 0.490 e. The van der Waals surface area contributed by atoms with Crippen molar-refractivity contribution in [2.24, 2.45) is 0 Å². The van der Waals surface area contributed by atoms with Crippen LogP contribution in [0.5, 0.6) is 0 Å². The molecule has 3 rings (SSSR count). The molecule has 1 unspecified atom stereocenters. The molecule has 0 saturated carbocycles. The Hall–Kier alpha value is -2.46. The number of imide groups is 1. The van der Waals surface area contributed by atoms with E-state index in [0.717, 1.165) is 18.0 Å². The molecule has 1 fully saturated rings. The first kappa shape index (κ1) is 17.9. The van der Waals surface area contributed by atoms with E-state index in [2.05, 4.69) is 5.32 Å². The van der Waals surface area contributed by atoms with Gasteiger partial charge < -0.3 is 10.4 Å². The number of benzene rings is 1. The Bertz CT molecular complexity index is 621. The van der Waals surface area contributed by atoms with Crippen molar-refractivity contribution in [2.45, 2.75) is 18.7 Å². The molecule has 0 aliphatic carbocycles. The molecule has 1 aromatic carbocycles. The third-order valence-corrected chi connectivity index (χ3v) is 3.27. The quantitative estimate of drug-likeness (QED) is 0.782. The maximum atomic E-state index is 12.0. The van der Waals surface area contributed by atoms with Crippen LogP contribution in [0.4, 0.5) is 13.2 Å². The number of halogens is 3. The highest BCUT2D eigenvalue weighted by atomic mass is 19.4. The molecule has 130 valence electrons. The molecule has 0 radical (unpaired) electrons. The summed E-state index contributed by atoms with van der Waals surface area (Å²) in [6.07, 6.45) is -4.37. The van der Waals surface area contributed by atoms with E-state index in [1.807, 2.05) is 0 Å². The summed E-state index contributed by atoms with van der Waals surface area (Å²) < 4.78 is 31.7. The van der Waals surface area contributed by atoms with Gasteiger partial charge in [0.25, 0.3) is 11.8 Å². The van der Waals surface area contributed by atoms with Gasteiger partial charge in [0.2, 0.25) is 0 Å². The van der Waals surface area contributed by atoms with Crippen LogP contribution in [-0.4, -0.2) is 53.3 Å². The third kappa shape index (κ3) is 3.89. The highest BCUT2D eigenvalue weighted by Gasteiger charge is 2.39. The minimum atomic E-state index is -5.08. The lowest BCUT2D eigenvalue weighted by molar-refractivity contribution is -0.192. The molecule has 2 aliphatic rings. The van der Waals surface area contributed by atoms with Gasteiger partial charge >= 0.3 is 12.1 Å². The Labute approximate surface area is 133 Å². The number of nitrogens with zero attached hydrogens (tertiary/aromatic N) is 1. The summed E-state index contributed by atoms with van der Waals surface area (Å²) in [7, 11) is 0. The highest BCUT2D eigenvalue weighted by molar-refractivity contribution is 6.20. The topological polar surface area (TPSA) is 95.9 Å². The molecule has 2 heterocycles. The Balaban J connectivity index is 0.000000256. The van der Waals surface area contributed by atoms with Crippen molar-refractivity contribution in [2.75, 3.05) is 13.1 Å². The summed E-state index contributed by atoms with van der Waals surface area (Å²) in [5.74, 6) is -3.48. The average molecular weight is 346 g/mol. The summed E-state index contributed by atoms with van der Waals surface area (Å²) in [6.45, 7) is 1.53. The number of alkyl halides is 3. The van der Waals surface area contributed by atoms with Crippen molar-refractivity contribution in [3.8, 4) is 0 Å². The fourth-order valence-electron chi connectivity index (χ4n) is 2.13. The Morgan fingerprint density at radius 2 is 1.71 bits per heavy atom. The number of hydrogen-bond donors (Lipinski definition) is 2. The van der Waals surface area contributed by atoms with Crippen molar-refractivity contribution in [3.05, 3.63) is 35.4 Å². The number of aliphatic carboxylic acids is 1. The summed E-state index contributed by atoms with van der Waals surface area (Å²) in [5.41, 5.74) is 0.840. The van der Waals surface area contributed by atoms with Crippen molar-refractivity contribution >= 4 is 17.8 Å². The predicted molar refractivity (Wildman–Crippen MR) is 73.0 cm³/mol. The smallest absolute Gasteiger partial charge is 0.475 e. The fraction of sp³-hybridized carbons (Fsp3) is 0.357. The normalized spacial score (nSPS) is 19.8. The van der Waals surface area contributed by atoms with Crippen LogP contribution in [0.3, 0.4) is 0 Å². The number of hydrogen-bond acceptors (Lipinski definition) is 5. The molecule has 10 heteroatoms. The zero-order valence-electron chi connectivity index (χ0n) is 12.2. The number of carboxylic acid groups (broad SMARTS) is 1. The lowest BCUT2D eigenvalue weighted by Crippen LogP contribution is -2.35. The molecule has 2 N–H and O–H groups in total. The van der Waals surface area contributed by atoms with E-state index in [1.165, 1.54) is 0 Å². The molecule has 0 bridgehead atoms. The highest BCUT2D eigenvalue weighted by Crippen LogP contribution is 2.24. The van der Waals surface area contributed by atoms with E-state index in [9.17, 15) is 22.8 Å². The molecule has 0 aromatic heterocycles. The number of fused-ring (bicyclic) bond motifs is 1. The number of carbonyl (C=O) groups excluding carboxylic acids is 2. The van der Waals surface area contributed by atoms with E-state index in [1.54, 1.807) is 24.3 Å². The number of nitrogens with one attached hydrogen (secondary N) is 1. The molecule has 7 nitrogen and oxygen atoms in total. The van der Waals surface area contributed by atoms with Gasteiger partial charge in [-0.1, -0.05) is 12.1 Å². The van der Waals surface area contributed by atoms with Crippen molar-refractivity contribution in [3.63, 3.8) is 0 Å². The van der Waals surface area contributed by atoms with Crippen LogP contribution < -0.4 is 5.32 Å². The summed E-state index contributed by atoms with van der Waals surface area (Å²) in [5, 5.41) is 11.1. The van der Waals surface area contributed by atoms with Crippen molar-refractivity contribution < 1.29 is 37.5 Å². The zero-order chi connectivity index (χ0) is 17.9. The minimum absolute atomic E-state index is 0.0998. The van der Waals surface area contributed by atoms with Gasteiger partial charge in [-0.2, -0.15) is 13.2 Å². The molecule has 1 atom stereocenters. The van der Waals surface area contributed by atoms with Gasteiger partial charge in [0.05, 0.1) is 17.2 Å². The molecule has 2 amide bonds. The van der Waals surface area contributed by atoms with Gasteiger partial charge in [0.1, 0.15) is 0 Å². The second-order valence-electron chi connectivity index (χ2n) is 4.97. The zero-order valence-corrected chi connectivity index (χ0v) is 12.2. The first-order chi connectivity index (χ1) is 11.2. The van der Waals surface area contributed by atoms with E-state index >= 15 is 0 Å². The molecular weight excluding hydrogens is 333 g/mol. The Morgan fingerprint density at radius 1 is 1.21 bits per heavy atom. The van der Waals surface area contributed by atoms with E-state index < -0.39 is 12.1 Å². The van der Waals surface area contributed by atoms with Gasteiger partial charge in [-0.3, -0.25) is 14.4 Å². The van der Waals surface area contributed by atoms with Crippen LogP contribution in [0, 0.1) is 0 Å². The van der Waals surface area contributed by atoms with Crippen LogP contribution >= 0.6 is 0 Å². The third-order valence-electron chi connectivity index (χ3n) is 3.27. The number of rotatable bonds is 2. The first-order valence-corrected chi connectivity index (χ1v) is 6.87. The Kier molecular flexibility index (Phi) is 5.20. The molecule has 0 spiro atoms. The second-order valence-corrected chi connectivity index (χ2v) is 4.97. The van der Waals surface area contributed by atoms with Crippen LogP contribution in [0.15, 0.2) is 24.3 Å². The number of hydroxylamine groups is 2. The summed E-state index contributed by atoms with van der Waals surface area (Å²) in [6, 6.07) is 6.77. The van der Waals surface area contributed by atoms with Crippen LogP contribution in [0.2, 0.25) is 0 Å². The Morgan fingerprint density at radius 3 is 2.08 bits per heavy atom. The van der Waals surface area contributed by atoms with Crippen LogP contribution in [-0.2, 0) is 9.63 Å². The van der Waals surface area contributed by atoms with Crippen LogP contribution in [0.1, 0.15) is 27.1 Å². The fourth-order valence-corrected chi connectivity index (χ4v) is 2.13. The number of amides is 2. The van der Waals surface area contributed by atoms with Gasteiger partial charge in [0, 0.05) is 6.54 Å². The molecule has 1 aromatic rings. The predicted octanol–water partition coefficient (Wildman–Crippen LogP) is 1.21. The second kappa shape index (κ2) is 6.97. The number of carboxylic acids is 1. The van der Waals surface area contributed by atoms with Gasteiger partial charge in [0.15, 0.2) is 0 Å². The minimum Gasteiger partial charge on any atom is -0.475 e. The SMILES string of the molecule is O=C(O)C(F)(F)F.O=C1c2ccccc2C(=O)N1OC1CCNC1. The maximum Gasteiger partial charge on any atom is 0.490 e. The molecule has 24 heavy (non-hydrogen) atoms. The standard InChI is InChI=1S/C12H12N2O3.C2HF3O2/c15-11-9-3-1-2-4-10(9)12(16)14(11)17-8-5-6-13-7-8;3-2(4,5)1(6)7/h1-4,8,13H,5-7H2;(H,6,7). The van der Waals surface area contributed by atoms with E-state index in [4.69, 9.17) is 14.7 Å². The van der Waals surface area contributed by atoms with Gasteiger partial charge in [-0.25, -0.2) is 4.79 Å². The van der Waals surface area contributed by atoms with Gasteiger partial charge in [-0.05, 0) is 25.1 Å². The molecule has 1 saturated heterocycles. The summed E-state index contributed by atoms with van der Waals surface area (Å²) in [4.78, 5) is 38.3. The van der Waals surface area contributed by atoms with Gasteiger partial charge in [-0.15, -0.1) is 5.06 Å². The van der Waals surface area contributed by atoms with Crippen LogP contribution in [0.25, 0.3) is 0 Å². The van der Waals surface area contributed by atoms with Crippen molar-refractivity contribution in [1.29, 1.82) is 0 Å². The molecular formula is C14H13F3N2O5. The van der Waals surface area contributed by atoms with E-state index in [0.29, 0.717) is 17.7 Å². The lowest BCUT2D eigenvalue weighted by Gasteiger charge is -2.17.